The smallest absolute Gasteiger partial charge is 0.301 e. The summed E-state index contributed by atoms with van der Waals surface area (Å²) >= 11 is 0. The van der Waals surface area contributed by atoms with Gasteiger partial charge in [-0.3, -0.25) is 4.99 Å². The fraction of sp³-hybridized carbons (Fsp3) is 0.261. The zero-order chi connectivity index (χ0) is 22.0. The van der Waals surface area contributed by atoms with Crippen LogP contribution in [0.25, 0.3) is 0 Å². The van der Waals surface area contributed by atoms with Gasteiger partial charge in [0.1, 0.15) is 17.7 Å². The Balaban J connectivity index is 1.44. The van der Waals surface area contributed by atoms with Crippen LogP contribution >= 0.6 is 0 Å². The van der Waals surface area contributed by atoms with Crippen molar-refractivity contribution in [3.05, 3.63) is 66.5 Å². The van der Waals surface area contributed by atoms with Crippen molar-refractivity contribution >= 4 is 23.7 Å². The quantitative estimate of drug-likeness (QED) is 0.710. The summed E-state index contributed by atoms with van der Waals surface area (Å²) in [4.78, 5) is 9.04. The Morgan fingerprint density at radius 1 is 1.09 bits per heavy atom. The number of quaternary nitrogens is 1. The van der Waals surface area contributed by atoms with E-state index in [1.807, 2.05) is 30.5 Å². The van der Waals surface area contributed by atoms with Crippen molar-refractivity contribution in [1.29, 1.82) is 0 Å². The van der Waals surface area contributed by atoms with Gasteiger partial charge in [0.05, 0.1) is 39.6 Å². The van der Waals surface area contributed by atoms with Gasteiger partial charge >= 0.3 is 5.84 Å². The lowest BCUT2D eigenvalue weighted by Crippen LogP contribution is -2.62. The Hall–Kier alpha value is -3.53. The molecule has 2 aromatic rings. The Bertz CT molecular complexity index is 1090. The highest BCUT2D eigenvalue weighted by Gasteiger charge is 2.48. The third-order valence-corrected chi connectivity index (χ3v) is 5.75. The minimum absolute atomic E-state index is 0.165. The minimum Gasteiger partial charge on any atom is -0.497 e. The number of anilines is 1. The van der Waals surface area contributed by atoms with Crippen LogP contribution in [0.15, 0.2) is 76.0 Å². The Morgan fingerprint density at radius 2 is 1.88 bits per heavy atom. The summed E-state index contributed by atoms with van der Waals surface area (Å²) in [6.07, 6.45) is 5.51. The molecule has 0 radical (unpaired) electrons. The van der Waals surface area contributed by atoms with Crippen molar-refractivity contribution in [3.8, 4) is 11.5 Å². The molecule has 0 amide bonds. The zero-order valence-corrected chi connectivity index (χ0v) is 18.1. The molecule has 9 heteroatoms. The molecule has 9 nitrogen and oxygen atoms in total. The van der Waals surface area contributed by atoms with Crippen molar-refractivity contribution in [1.82, 2.24) is 10.3 Å². The Labute approximate surface area is 186 Å². The summed E-state index contributed by atoms with van der Waals surface area (Å²) < 4.78 is 10.9. The Kier molecular flexibility index (Phi) is 5.44. The van der Waals surface area contributed by atoms with Gasteiger partial charge in [-0.15, -0.1) is 10.0 Å². The number of guanidine groups is 1. The topological polar surface area (TPSA) is 82.8 Å². The van der Waals surface area contributed by atoms with Crippen molar-refractivity contribution < 1.29 is 14.2 Å². The van der Waals surface area contributed by atoms with Crippen LogP contribution in [0.4, 0.5) is 5.69 Å². The molecule has 2 unspecified atom stereocenters. The molecule has 3 aliphatic heterocycles. The first-order chi connectivity index (χ1) is 15.7. The molecule has 5 rings (SSSR count). The van der Waals surface area contributed by atoms with Gasteiger partial charge in [0.2, 0.25) is 0 Å². The SMILES string of the molecule is COc1cc(NC2=N[N+]3(N4CCNC(c5ccccc5)C4)C=CN=CC3=N2)cc(OC)c1. The van der Waals surface area contributed by atoms with Crippen LogP contribution in [0.5, 0.6) is 11.5 Å². The van der Waals surface area contributed by atoms with E-state index >= 15 is 0 Å². The van der Waals surface area contributed by atoms with Gasteiger partial charge in [-0.1, -0.05) is 30.3 Å². The van der Waals surface area contributed by atoms with E-state index in [9.17, 15) is 0 Å². The van der Waals surface area contributed by atoms with Crippen molar-refractivity contribution in [2.45, 2.75) is 6.04 Å². The molecular formula is C23H26N7O2+. The molecule has 2 N–H and O–H groups in total. The summed E-state index contributed by atoms with van der Waals surface area (Å²) in [5.41, 5.74) is 2.04. The molecule has 3 heterocycles. The third-order valence-electron chi connectivity index (χ3n) is 5.75. The maximum absolute atomic E-state index is 5.38. The number of benzene rings is 2. The van der Waals surface area contributed by atoms with Crippen LogP contribution in [0, 0.1) is 0 Å². The van der Waals surface area contributed by atoms with Crippen molar-refractivity contribution in [3.63, 3.8) is 0 Å². The molecule has 1 fully saturated rings. The van der Waals surface area contributed by atoms with Crippen LogP contribution in [-0.2, 0) is 0 Å². The number of hydrogen-bond donors (Lipinski definition) is 2. The van der Waals surface area contributed by atoms with Gasteiger partial charge in [0.25, 0.3) is 5.96 Å². The largest absolute Gasteiger partial charge is 0.497 e. The number of piperazine rings is 1. The fourth-order valence-corrected chi connectivity index (χ4v) is 4.15. The molecule has 2 aromatic carbocycles. The standard InChI is InChI=1S/C23H26N7O2/c1-31-19-12-18(13-20(14-19)32-2)26-23-27-22-15-24-9-11-30(22,28-23)29-10-8-25-21(16-29)17-6-4-3-5-7-17/h3-7,9,11-15,21,25H,8,10,16H2,1-2H3,(H,26,28)/q+1. The van der Waals surface area contributed by atoms with E-state index in [4.69, 9.17) is 19.6 Å². The molecular weight excluding hydrogens is 406 g/mol. The fourth-order valence-electron chi connectivity index (χ4n) is 4.15. The third kappa shape index (κ3) is 3.77. The number of methoxy groups -OCH3 is 2. The summed E-state index contributed by atoms with van der Waals surface area (Å²) in [6, 6.07) is 16.3. The van der Waals surface area contributed by atoms with Gasteiger partial charge < -0.3 is 20.1 Å². The molecule has 32 heavy (non-hydrogen) atoms. The van der Waals surface area contributed by atoms with E-state index in [-0.39, 0.29) is 10.7 Å². The maximum Gasteiger partial charge on any atom is 0.301 e. The van der Waals surface area contributed by atoms with Gasteiger partial charge in [-0.25, -0.2) is 0 Å². The summed E-state index contributed by atoms with van der Waals surface area (Å²) in [5, 5.41) is 14.2. The number of ether oxygens (including phenoxy) is 2. The monoisotopic (exact) mass is 432 g/mol. The molecule has 1 saturated heterocycles. The second kappa shape index (κ2) is 8.54. The molecule has 0 spiro atoms. The van der Waals surface area contributed by atoms with Crippen molar-refractivity contribution in [2.24, 2.45) is 15.1 Å². The van der Waals surface area contributed by atoms with E-state index in [1.54, 1.807) is 26.6 Å². The highest BCUT2D eigenvalue weighted by Crippen LogP contribution is 2.30. The lowest BCUT2D eigenvalue weighted by Gasteiger charge is -2.40. The highest BCUT2D eigenvalue weighted by molar-refractivity contribution is 6.30. The lowest BCUT2D eigenvalue weighted by atomic mass is 10.1. The first kappa shape index (κ1) is 20.4. The zero-order valence-electron chi connectivity index (χ0n) is 18.1. The van der Waals surface area contributed by atoms with E-state index in [0.29, 0.717) is 17.5 Å². The highest BCUT2D eigenvalue weighted by atomic mass is 16.5. The first-order valence-corrected chi connectivity index (χ1v) is 10.5. The molecule has 0 bridgehead atoms. The maximum atomic E-state index is 5.38. The van der Waals surface area contributed by atoms with E-state index in [2.05, 4.69) is 44.9 Å². The van der Waals surface area contributed by atoms with Crippen molar-refractivity contribution in [2.75, 3.05) is 39.2 Å². The normalized spacial score (nSPS) is 24.5. The van der Waals surface area contributed by atoms with E-state index in [1.165, 1.54) is 5.56 Å². The number of aliphatic imine (C=N–C) groups is 2. The van der Waals surface area contributed by atoms with E-state index < -0.39 is 0 Å². The number of nitrogens with zero attached hydrogens (tertiary/aromatic N) is 5. The van der Waals surface area contributed by atoms with Crippen LogP contribution < -0.4 is 20.1 Å². The van der Waals surface area contributed by atoms with Gasteiger partial charge in [0, 0.05) is 30.4 Å². The first-order valence-electron chi connectivity index (χ1n) is 10.5. The Morgan fingerprint density at radius 3 is 2.62 bits per heavy atom. The number of fused-ring (bicyclic) bond motifs is 1. The predicted octanol–water partition coefficient (Wildman–Crippen LogP) is 2.73. The van der Waals surface area contributed by atoms with Crippen LogP contribution in [0.2, 0.25) is 0 Å². The molecule has 2 atom stereocenters. The van der Waals surface area contributed by atoms with Gasteiger partial charge in [-0.2, -0.15) is 0 Å². The molecule has 3 aliphatic rings. The summed E-state index contributed by atoms with van der Waals surface area (Å²) in [6.45, 7) is 2.46. The lowest BCUT2D eigenvalue weighted by molar-refractivity contribution is -0.918. The van der Waals surface area contributed by atoms with Gasteiger partial charge in [0.15, 0.2) is 6.20 Å². The average molecular weight is 433 g/mol. The second-order valence-electron chi connectivity index (χ2n) is 7.68. The van der Waals surface area contributed by atoms with Crippen LogP contribution in [-0.4, -0.2) is 61.6 Å². The van der Waals surface area contributed by atoms with E-state index in [0.717, 1.165) is 31.2 Å². The van der Waals surface area contributed by atoms with Crippen LogP contribution in [0.1, 0.15) is 11.6 Å². The molecule has 164 valence electrons. The summed E-state index contributed by atoms with van der Waals surface area (Å²) in [5.74, 6) is 2.63. The summed E-state index contributed by atoms with van der Waals surface area (Å²) in [7, 11) is 3.25. The second-order valence-corrected chi connectivity index (χ2v) is 7.68. The number of rotatable bonds is 5. The molecule has 0 aliphatic carbocycles. The number of hydrogen-bond acceptors (Lipinski definition) is 8. The number of nitrogens with one attached hydrogen (secondary N) is 2. The predicted molar refractivity (Wildman–Crippen MR) is 125 cm³/mol. The molecule has 0 saturated carbocycles. The van der Waals surface area contributed by atoms with Crippen LogP contribution in [0.3, 0.4) is 0 Å². The number of amidine groups is 1. The van der Waals surface area contributed by atoms with Gasteiger partial charge in [-0.05, 0) is 15.4 Å². The average Bonchev–Trinajstić information content (AvgIpc) is 3.23. The minimum atomic E-state index is 0.165. The molecule has 0 aromatic heterocycles.